The van der Waals surface area contributed by atoms with Crippen molar-refractivity contribution in [1.29, 1.82) is 0 Å². The highest BCUT2D eigenvalue weighted by molar-refractivity contribution is 5.30. The van der Waals surface area contributed by atoms with E-state index in [0.29, 0.717) is 12.1 Å². The molecule has 1 aromatic rings. The van der Waals surface area contributed by atoms with Crippen LogP contribution in [0.2, 0.25) is 0 Å². The molecule has 0 bridgehead atoms. The zero-order chi connectivity index (χ0) is 14.5. The first-order valence-corrected chi connectivity index (χ1v) is 7.38. The Kier molecular flexibility index (Phi) is 5.40. The zero-order valence-corrected chi connectivity index (χ0v) is 13.1. The van der Waals surface area contributed by atoms with E-state index in [4.69, 9.17) is 4.74 Å². The van der Waals surface area contributed by atoms with Crippen LogP contribution in [0.15, 0.2) is 24.3 Å². The number of methoxy groups -OCH3 is 1. The van der Waals surface area contributed by atoms with Crippen LogP contribution in [0.25, 0.3) is 0 Å². The molecular formula is C16H27N3O. The van der Waals surface area contributed by atoms with E-state index in [-0.39, 0.29) is 0 Å². The Morgan fingerprint density at radius 3 is 2.85 bits per heavy atom. The molecular weight excluding hydrogens is 250 g/mol. The van der Waals surface area contributed by atoms with E-state index in [2.05, 4.69) is 47.3 Å². The third-order valence-electron chi connectivity index (χ3n) is 4.23. The molecule has 112 valence electrons. The van der Waals surface area contributed by atoms with Gasteiger partial charge in [-0.1, -0.05) is 12.1 Å². The molecule has 1 fully saturated rings. The number of likely N-dealkylation sites (N-methyl/N-ethyl adjacent to an activating group) is 2. The Balaban J connectivity index is 2.04. The summed E-state index contributed by atoms with van der Waals surface area (Å²) in [6.45, 7) is 6.79. The largest absolute Gasteiger partial charge is 0.497 e. The molecule has 20 heavy (non-hydrogen) atoms. The Morgan fingerprint density at radius 1 is 1.40 bits per heavy atom. The highest BCUT2D eigenvalue weighted by Gasteiger charge is 2.24. The minimum atomic E-state index is 0.343. The second-order valence-electron chi connectivity index (χ2n) is 5.72. The van der Waals surface area contributed by atoms with Crippen LogP contribution >= 0.6 is 0 Å². The molecule has 0 saturated carbocycles. The second kappa shape index (κ2) is 7.07. The van der Waals surface area contributed by atoms with Gasteiger partial charge in [0.05, 0.1) is 7.11 Å². The number of nitrogens with zero attached hydrogens (tertiary/aromatic N) is 2. The van der Waals surface area contributed by atoms with Crippen LogP contribution in [-0.2, 0) is 0 Å². The van der Waals surface area contributed by atoms with E-state index in [9.17, 15) is 0 Å². The van der Waals surface area contributed by atoms with Crippen molar-refractivity contribution >= 4 is 0 Å². The highest BCUT2D eigenvalue weighted by atomic mass is 16.5. The van der Waals surface area contributed by atoms with Gasteiger partial charge < -0.3 is 15.0 Å². The van der Waals surface area contributed by atoms with Crippen molar-refractivity contribution in [1.82, 2.24) is 15.1 Å². The topological polar surface area (TPSA) is 27.7 Å². The molecule has 2 rings (SSSR count). The predicted molar refractivity (Wildman–Crippen MR) is 83.3 cm³/mol. The molecule has 1 N–H and O–H groups in total. The van der Waals surface area contributed by atoms with Crippen molar-refractivity contribution in [2.45, 2.75) is 19.0 Å². The van der Waals surface area contributed by atoms with Gasteiger partial charge in [-0.2, -0.15) is 0 Å². The van der Waals surface area contributed by atoms with Crippen LogP contribution < -0.4 is 10.1 Å². The fraction of sp³-hybridized carbons (Fsp3) is 0.625. The lowest BCUT2D eigenvalue weighted by Gasteiger charge is -2.40. The molecule has 2 atom stereocenters. The standard InChI is InChI=1S/C16H27N3O/c1-13-11-18(3)8-9-19(13)12-16(17-2)14-6-5-7-15(10-14)20-4/h5-7,10,13,16-17H,8-9,11-12H2,1-4H3. The normalized spacial score (nSPS) is 22.7. The number of rotatable bonds is 5. The summed E-state index contributed by atoms with van der Waals surface area (Å²) in [5.74, 6) is 0.925. The van der Waals surface area contributed by atoms with Crippen molar-refractivity contribution < 1.29 is 4.74 Å². The number of piperazine rings is 1. The van der Waals surface area contributed by atoms with E-state index in [1.54, 1.807) is 7.11 Å². The van der Waals surface area contributed by atoms with Gasteiger partial charge in [0, 0.05) is 38.3 Å². The van der Waals surface area contributed by atoms with Crippen molar-refractivity contribution in [2.75, 3.05) is 47.4 Å². The van der Waals surface area contributed by atoms with Crippen molar-refractivity contribution in [3.8, 4) is 5.75 Å². The third-order valence-corrected chi connectivity index (χ3v) is 4.23. The highest BCUT2D eigenvalue weighted by Crippen LogP contribution is 2.21. The maximum atomic E-state index is 5.33. The third kappa shape index (κ3) is 3.72. The fourth-order valence-electron chi connectivity index (χ4n) is 2.90. The van der Waals surface area contributed by atoms with Crippen LogP contribution in [0.3, 0.4) is 0 Å². The summed E-state index contributed by atoms with van der Waals surface area (Å²) >= 11 is 0. The Hall–Kier alpha value is -1.10. The van der Waals surface area contributed by atoms with E-state index < -0.39 is 0 Å². The molecule has 2 unspecified atom stereocenters. The van der Waals surface area contributed by atoms with Crippen molar-refractivity contribution in [3.63, 3.8) is 0 Å². The summed E-state index contributed by atoms with van der Waals surface area (Å²) in [7, 11) is 5.95. The lowest BCUT2D eigenvalue weighted by atomic mass is 10.0. The van der Waals surface area contributed by atoms with Crippen LogP contribution in [0.4, 0.5) is 0 Å². The molecule has 0 radical (unpaired) electrons. The van der Waals surface area contributed by atoms with Crippen LogP contribution in [0.1, 0.15) is 18.5 Å². The minimum Gasteiger partial charge on any atom is -0.497 e. The maximum absolute atomic E-state index is 5.33. The number of hydrogen-bond acceptors (Lipinski definition) is 4. The first kappa shape index (κ1) is 15.3. The molecule has 1 aliphatic heterocycles. The number of ether oxygens (including phenoxy) is 1. The summed E-state index contributed by atoms with van der Waals surface area (Å²) in [6, 6.07) is 9.30. The molecule has 1 aromatic carbocycles. The van der Waals surface area contributed by atoms with E-state index in [1.807, 2.05) is 13.1 Å². The number of nitrogens with one attached hydrogen (secondary N) is 1. The summed E-state index contributed by atoms with van der Waals surface area (Å²) in [5.41, 5.74) is 1.29. The van der Waals surface area contributed by atoms with Gasteiger partial charge in [-0.25, -0.2) is 0 Å². The van der Waals surface area contributed by atoms with Crippen molar-refractivity contribution in [2.24, 2.45) is 0 Å². The van der Waals surface area contributed by atoms with Gasteiger partial charge in [0.1, 0.15) is 5.75 Å². The second-order valence-corrected chi connectivity index (χ2v) is 5.72. The Labute approximate surface area is 122 Å². The summed E-state index contributed by atoms with van der Waals surface area (Å²) in [4.78, 5) is 4.97. The predicted octanol–water partition coefficient (Wildman–Crippen LogP) is 1.59. The average molecular weight is 277 g/mol. The molecule has 1 heterocycles. The minimum absolute atomic E-state index is 0.343. The smallest absolute Gasteiger partial charge is 0.119 e. The molecule has 0 aliphatic carbocycles. The monoisotopic (exact) mass is 277 g/mol. The zero-order valence-electron chi connectivity index (χ0n) is 13.1. The summed E-state index contributed by atoms with van der Waals surface area (Å²) < 4.78 is 5.33. The Bertz CT molecular complexity index is 424. The number of benzene rings is 1. The van der Waals surface area contributed by atoms with E-state index in [0.717, 1.165) is 31.9 Å². The molecule has 0 amide bonds. The van der Waals surface area contributed by atoms with Crippen LogP contribution in [0, 0.1) is 0 Å². The molecule has 1 saturated heterocycles. The fourth-order valence-corrected chi connectivity index (χ4v) is 2.90. The van der Waals surface area contributed by atoms with Crippen LogP contribution in [-0.4, -0.2) is 63.2 Å². The van der Waals surface area contributed by atoms with Crippen molar-refractivity contribution in [3.05, 3.63) is 29.8 Å². The quantitative estimate of drug-likeness (QED) is 0.884. The van der Waals surface area contributed by atoms with Gasteiger partial charge in [-0.15, -0.1) is 0 Å². The maximum Gasteiger partial charge on any atom is 0.119 e. The van der Waals surface area contributed by atoms with Gasteiger partial charge in [-0.3, -0.25) is 4.90 Å². The lowest BCUT2D eigenvalue weighted by Crippen LogP contribution is -2.52. The first-order valence-electron chi connectivity index (χ1n) is 7.38. The summed E-state index contributed by atoms with van der Waals surface area (Å²) in [5, 5.41) is 3.44. The molecule has 4 heteroatoms. The first-order chi connectivity index (χ1) is 9.63. The van der Waals surface area contributed by atoms with Gasteiger partial charge in [0.2, 0.25) is 0 Å². The molecule has 0 spiro atoms. The van der Waals surface area contributed by atoms with E-state index >= 15 is 0 Å². The lowest BCUT2D eigenvalue weighted by molar-refractivity contribution is 0.0913. The van der Waals surface area contributed by atoms with E-state index in [1.165, 1.54) is 5.56 Å². The molecule has 1 aliphatic rings. The van der Waals surface area contributed by atoms with Crippen LogP contribution in [0.5, 0.6) is 5.75 Å². The van der Waals surface area contributed by atoms with Gasteiger partial charge in [0.15, 0.2) is 0 Å². The Morgan fingerprint density at radius 2 is 2.20 bits per heavy atom. The molecule has 0 aromatic heterocycles. The van der Waals surface area contributed by atoms with Gasteiger partial charge in [-0.05, 0) is 38.7 Å². The number of hydrogen-bond donors (Lipinski definition) is 1. The van der Waals surface area contributed by atoms with Gasteiger partial charge >= 0.3 is 0 Å². The van der Waals surface area contributed by atoms with Gasteiger partial charge in [0.25, 0.3) is 0 Å². The average Bonchev–Trinajstić information content (AvgIpc) is 2.46. The SMILES string of the molecule is CNC(CN1CCN(C)CC1C)c1cccc(OC)c1. The summed E-state index contributed by atoms with van der Waals surface area (Å²) in [6.07, 6.45) is 0. The molecule has 4 nitrogen and oxygen atoms in total.